The highest BCUT2D eigenvalue weighted by Gasteiger charge is 2.15. The summed E-state index contributed by atoms with van der Waals surface area (Å²) in [4.78, 5) is 0. The Kier molecular flexibility index (Phi) is 2.83. The third-order valence-corrected chi connectivity index (χ3v) is 1.69. The predicted octanol–water partition coefficient (Wildman–Crippen LogP) is 2.03. The Balaban J connectivity index is 3.30. The Morgan fingerprint density at radius 3 is 2.46 bits per heavy atom. The number of aliphatic hydroxyl groups is 1. The van der Waals surface area contributed by atoms with Crippen molar-refractivity contribution in [2.45, 2.75) is 13.0 Å². The quantitative estimate of drug-likeness (QED) is 0.769. The summed E-state index contributed by atoms with van der Waals surface area (Å²) in [7, 11) is 1.29. The Labute approximate surface area is 74.8 Å². The molecule has 1 rings (SSSR count). The molecule has 1 aromatic rings. The zero-order chi connectivity index (χ0) is 10.0. The van der Waals surface area contributed by atoms with Crippen LogP contribution in [0, 0.1) is 11.6 Å². The summed E-state index contributed by atoms with van der Waals surface area (Å²) in [5.74, 6) is -1.50. The van der Waals surface area contributed by atoms with E-state index in [0.29, 0.717) is 6.07 Å². The Morgan fingerprint density at radius 1 is 1.38 bits per heavy atom. The summed E-state index contributed by atoms with van der Waals surface area (Å²) in [5, 5.41) is 9.16. The molecule has 1 unspecified atom stereocenters. The second-order valence-corrected chi connectivity index (χ2v) is 2.68. The molecule has 2 nitrogen and oxygen atoms in total. The largest absolute Gasteiger partial charge is 0.496 e. The van der Waals surface area contributed by atoms with E-state index in [4.69, 9.17) is 9.84 Å². The maximum Gasteiger partial charge on any atom is 0.135 e. The van der Waals surface area contributed by atoms with Crippen molar-refractivity contribution >= 4 is 0 Å². The van der Waals surface area contributed by atoms with Gasteiger partial charge in [-0.15, -0.1) is 0 Å². The summed E-state index contributed by atoms with van der Waals surface area (Å²) in [6.07, 6.45) is -1.02. The SMILES string of the molecule is COc1cc(F)cc(F)c1C(C)O. The molecule has 0 heterocycles. The minimum absolute atomic E-state index is 0.0208. The van der Waals surface area contributed by atoms with Crippen molar-refractivity contribution in [1.82, 2.24) is 0 Å². The fourth-order valence-electron chi connectivity index (χ4n) is 1.14. The second-order valence-electron chi connectivity index (χ2n) is 2.68. The molecule has 0 saturated carbocycles. The number of rotatable bonds is 2. The Morgan fingerprint density at radius 2 is 2.00 bits per heavy atom. The van der Waals surface area contributed by atoms with Crippen molar-refractivity contribution in [3.63, 3.8) is 0 Å². The lowest BCUT2D eigenvalue weighted by molar-refractivity contribution is 0.188. The van der Waals surface area contributed by atoms with E-state index >= 15 is 0 Å². The average Bonchev–Trinajstić information content (AvgIpc) is 2.01. The van der Waals surface area contributed by atoms with Crippen LogP contribution in [0.15, 0.2) is 12.1 Å². The summed E-state index contributed by atoms with van der Waals surface area (Å²) in [5.41, 5.74) is -0.0242. The van der Waals surface area contributed by atoms with E-state index in [1.165, 1.54) is 14.0 Å². The highest BCUT2D eigenvalue weighted by molar-refractivity contribution is 5.36. The highest BCUT2D eigenvalue weighted by Crippen LogP contribution is 2.28. The summed E-state index contributed by atoms with van der Waals surface area (Å²) in [6, 6.07) is 1.75. The number of benzene rings is 1. The minimum Gasteiger partial charge on any atom is -0.496 e. The molecule has 0 bridgehead atoms. The van der Waals surface area contributed by atoms with Gasteiger partial charge >= 0.3 is 0 Å². The molecule has 0 aliphatic heterocycles. The van der Waals surface area contributed by atoms with Gasteiger partial charge in [0.15, 0.2) is 0 Å². The summed E-state index contributed by atoms with van der Waals surface area (Å²) < 4.78 is 30.5. The predicted molar refractivity (Wildman–Crippen MR) is 43.5 cm³/mol. The van der Waals surface area contributed by atoms with Crippen molar-refractivity contribution in [1.29, 1.82) is 0 Å². The first-order valence-electron chi connectivity index (χ1n) is 3.77. The number of methoxy groups -OCH3 is 1. The van der Waals surface area contributed by atoms with Crippen LogP contribution < -0.4 is 4.74 Å². The lowest BCUT2D eigenvalue weighted by Gasteiger charge is -2.11. The van der Waals surface area contributed by atoms with Gasteiger partial charge in [-0.25, -0.2) is 8.78 Å². The van der Waals surface area contributed by atoms with Gasteiger partial charge in [-0.1, -0.05) is 0 Å². The number of hydrogen-bond donors (Lipinski definition) is 1. The third-order valence-electron chi connectivity index (χ3n) is 1.69. The minimum atomic E-state index is -1.02. The van der Waals surface area contributed by atoms with Gasteiger partial charge in [0, 0.05) is 12.1 Å². The fourth-order valence-corrected chi connectivity index (χ4v) is 1.14. The van der Waals surface area contributed by atoms with Gasteiger partial charge in [0.2, 0.25) is 0 Å². The molecule has 0 saturated heterocycles. The van der Waals surface area contributed by atoms with Gasteiger partial charge in [-0.2, -0.15) is 0 Å². The van der Waals surface area contributed by atoms with Crippen LogP contribution in [0.4, 0.5) is 8.78 Å². The van der Waals surface area contributed by atoms with E-state index in [0.717, 1.165) is 6.07 Å². The molecular weight excluding hydrogens is 178 g/mol. The molecule has 1 atom stereocenters. The molecule has 13 heavy (non-hydrogen) atoms. The summed E-state index contributed by atoms with van der Waals surface area (Å²) in [6.45, 7) is 1.39. The first-order valence-corrected chi connectivity index (χ1v) is 3.77. The molecule has 0 amide bonds. The molecular formula is C9H10F2O2. The number of aliphatic hydroxyl groups excluding tert-OH is 1. The van der Waals surface area contributed by atoms with Gasteiger partial charge in [0.25, 0.3) is 0 Å². The first-order chi connectivity index (χ1) is 6.06. The van der Waals surface area contributed by atoms with E-state index in [-0.39, 0.29) is 11.3 Å². The van der Waals surface area contributed by atoms with Crippen molar-refractivity contribution in [3.05, 3.63) is 29.3 Å². The van der Waals surface area contributed by atoms with Crippen LogP contribution in [0.25, 0.3) is 0 Å². The molecule has 1 aromatic carbocycles. The van der Waals surface area contributed by atoms with Crippen molar-refractivity contribution in [3.8, 4) is 5.75 Å². The van der Waals surface area contributed by atoms with E-state index in [2.05, 4.69) is 0 Å². The lowest BCUT2D eigenvalue weighted by atomic mass is 10.1. The monoisotopic (exact) mass is 188 g/mol. The lowest BCUT2D eigenvalue weighted by Crippen LogP contribution is -2.01. The smallest absolute Gasteiger partial charge is 0.135 e. The average molecular weight is 188 g/mol. The van der Waals surface area contributed by atoms with Crippen molar-refractivity contribution in [2.75, 3.05) is 7.11 Å². The van der Waals surface area contributed by atoms with Gasteiger partial charge in [-0.3, -0.25) is 0 Å². The van der Waals surface area contributed by atoms with E-state index in [1.54, 1.807) is 0 Å². The Bertz CT molecular complexity index is 311. The number of halogens is 2. The maximum absolute atomic E-state index is 13.1. The zero-order valence-electron chi connectivity index (χ0n) is 7.34. The molecule has 4 heteroatoms. The molecule has 72 valence electrons. The molecule has 0 aliphatic rings. The fraction of sp³-hybridized carbons (Fsp3) is 0.333. The normalized spacial score (nSPS) is 12.7. The van der Waals surface area contributed by atoms with Gasteiger partial charge in [0.05, 0.1) is 18.8 Å². The third kappa shape index (κ3) is 1.95. The summed E-state index contributed by atoms with van der Waals surface area (Å²) >= 11 is 0. The number of ether oxygens (including phenoxy) is 1. The van der Waals surface area contributed by atoms with Crippen LogP contribution in [0.2, 0.25) is 0 Å². The van der Waals surface area contributed by atoms with E-state index in [9.17, 15) is 8.78 Å². The van der Waals surface area contributed by atoms with E-state index < -0.39 is 17.7 Å². The van der Waals surface area contributed by atoms with Crippen LogP contribution in [0.5, 0.6) is 5.75 Å². The standard InChI is InChI=1S/C9H10F2O2/c1-5(12)9-7(11)3-6(10)4-8(9)13-2/h3-5,12H,1-2H3. The molecule has 0 fully saturated rings. The molecule has 0 radical (unpaired) electrons. The number of hydrogen-bond acceptors (Lipinski definition) is 2. The van der Waals surface area contributed by atoms with Crippen LogP contribution in [0.3, 0.4) is 0 Å². The molecule has 0 aliphatic carbocycles. The second kappa shape index (κ2) is 3.70. The Hall–Kier alpha value is -1.16. The van der Waals surface area contributed by atoms with Gasteiger partial charge < -0.3 is 9.84 Å². The highest BCUT2D eigenvalue weighted by atomic mass is 19.1. The zero-order valence-corrected chi connectivity index (χ0v) is 7.34. The molecule has 0 aromatic heterocycles. The van der Waals surface area contributed by atoms with Crippen molar-refractivity contribution < 1.29 is 18.6 Å². The van der Waals surface area contributed by atoms with Crippen LogP contribution in [-0.2, 0) is 0 Å². The first kappa shape index (κ1) is 9.92. The van der Waals surface area contributed by atoms with Crippen LogP contribution >= 0.6 is 0 Å². The topological polar surface area (TPSA) is 29.5 Å². The molecule has 0 spiro atoms. The molecule has 1 N–H and O–H groups in total. The maximum atomic E-state index is 13.1. The van der Waals surface area contributed by atoms with Crippen LogP contribution in [-0.4, -0.2) is 12.2 Å². The van der Waals surface area contributed by atoms with E-state index in [1.807, 2.05) is 0 Å². The van der Waals surface area contributed by atoms with Gasteiger partial charge in [0.1, 0.15) is 17.4 Å². The van der Waals surface area contributed by atoms with Crippen LogP contribution in [0.1, 0.15) is 18.6 Å². The van der Waals surface area contributed by atoms with Gasteiger partial charge in [-0.05, 0) is 6.92 Å². The van der Waals surface area contributed by atoms with Crippen molar-refractivity contribution in [2.24, 2.45) is 0 Å².